The van der Waals surface area contributed by atoms with Gasteiger partial charge >= 0.3 is 80.1 Å². The van der Waals surface area contributed by atoms with Crippen molar-refractivity contribution in [2.75, 3.05) is 6.66 Å². The molecule has 0 bridgehead atoms. The van der Waals surface area contributed by atoms with E-state index < -0.39 is 11.0 Å². The van der Waals surface area contributed by atoms with E-state index in [1.807, 2.05) is 14.2 Å². The zero-order chi connectivity index (χ0) is 9.07. The molecule has 0 radical (unpaired) electrons. The summed E-state index contributed by atoms with van der Waals surface area (Å²) >= 11 is 2.09. The first-order chi connectivity index (χ1) is 4.87. The van der Waals surface area contributed by atoms with Gasteiger partial charge in [0.25, 0.3) is 0 Å². The Balaban J connectivity index is 4.13. The van der Waals surface area contributed by atoms with Crippen LogP contribution in [0.5, 0.6) is 0 Å². The van der Waals surface area contributed by atoms with Gasteiger partial charge in [0.1, 0.15) is 0 Å². The molecule has 3 nitrogen and oxygen atoms in total. The molecule has 0 aliphatic rings. The molecule has 0 saturated carbocycles. The van der Waals surface area contributed by atoms with Crippen LogP contribution in [0.25, 0.3) is 0 Å². The fourth-order valence-electron chi connectivity index (χ4n) is 0.328. The van der Waals surface area contributed by atoms with E-state index in [2.05, 4.69) is 28.6 Å². The summed E-state index contributed by atoms with van der Waals surface area (Å²) in [6.07, 6.45) is 0. The third kappa shape index (κ3) is 5.22. The molecular formula is C5H8BINO2P. The Hall–Kier alpha value is -0.0751. The summed E-state index contributed by atoms with van der Waals surface area (Å²) < 4.78 is 4.95. The average Bonchev–Trinajstić information content (AvgIpc) is 1.82. The third-order valence-electron chi connectivity index (χ3n) is 0.717. The number of rotatable bonds is 2. The SMILES string of the molecule is B[PH](C)(I)OC(=O)C(=C)C#N. The van der Waals surface area contributed by atoms with Gasteiger partial charge in [0, 0.05) is 0 Å². The minimum atomic E-state index is -1.89. The van der Waals surface area contributed by atoms with Gasteiger partial charge in [0.15, 0.2) is 0 Å². The molecule has 0 unspecified atom stereocenters. The topological polar surface area (TPSA) is 50.1 Å². The van der Waals surface area contributed by atoms with E-state index in [0.29, 0.717) is 0 Å². The fourth-order valence-corrected chi connectivity index (χ4v) is 1.49. The van der Waals surface area contributed by atoms with Gasteiger partial charge in [-0.3, -0.25) is 0 Å². The van der Waals surface area contributed by atoms with E-state index in [0.717, 1.165) is 0 Å². The van der Waals surface area contributed by atoms with Crippen molar-refractivity contribution in [3.05, 3.63) is 12.2 Å². The van der Waals surface area contributed by atoms with Crippen LogP contribution in [0.4, 0.5) is 0 Å². The maximum absolute atomic E-state index is 10.9. The van der Waals surface area contributed by atoms with E-state index in [1.54, 1.807) is 6.07 Å². The molecule has 6 heteroatoms. The van der Waals surface area contributed by atoms with Gasteiger partial charge in [-0.2, -0.15) is 0 Å². The van der Waals surface area contributed by atoms with Crippen molar-refractivity contribution in [1.29, 1.82) is 5.26 Å². The number of nitrogens with zero attached hydrogens (tertiary/aromatic N) is 1. The Morgan fingerprint density at radius 3 is 2.64 bits per heavy atom. The molecule has 0 aliphatic heterocycles. The molecule has 11 heavy (non-hydrogen) atoms. The molecule has 0 spiro atoms. The van der Waals surface area contributed by atoms with Crippen LogP contribution in [0.1, 0.15) is 0 Å². The van der Waals surface area contributed by atoms with Gasteiger partial charge in [0.05, 0.1) is 0 Å². The van der Waals surface area contributed by atoms with E-state index in [9.17, 15) is 4.79 Å². The standard InChI is InChI=1S/C5H8BINO2P/c1-4(3-8)5(9)10-11(2,6)7/h11H,1,6H2,2H3. The number of hydrogen-bond donors (Lipinski definition) is 0. The molecule has 0 atom stereocenters. The molecule has 0 fully saturated rings. The van der Waals surface area contributed by atoms with Gasteiger partial charge in [-0.25, -0.2) is 0 Å². The second-order valence-electron chi connectivity index (χ2n) is 2.34. The molecule has 0 aromatic carbocycles. The second-order valence-corrected chi connectivity index (χ2v) is 13.1. The summed E-state index contributed by atoms with van der Waals surface area (Å²) in [5.74, 6) is -0.599. The van der Waals surface area contributed by atoms with Crippen LogP contribution in [0.15, 0.2) is 12.2 Å². The molecule has 60 valence electrons. The fraction of sp³-hybridized carbons (Fsp3) is 0.200. The molecule has 0 aliphatic carbocycles. The normalized spacial score (nSPS) is 11.4. The van der Waals surface area contributed by atoms with Gasteiger partial charge in [0.2, 0.25) is 0 Å². The van der Waals surface area contributed by atoms with Crippen molar-refractivity contribution in [2.45, 2.75) is 0 Å². The van der Waals surface area contributed by atoms with Crippen LogP contribution in [-0.4, -0.2) is 20.2 Å². The van der Waals surface area contributed by atoms with Crippen LogP contribution in [0.3, 0.4) is 0 Å². The number of nitriles is 1. The zero-order valence-electron chi connectivity index (χ0n) is 6.35. The molecule has 0 saturated heterocycles. The van der Waals surface area contributed by atoms with E-state index in [4.69, 9.17) is 9.79 Å². The number of halogens is 1. The number of carbonyl (C=O) groups excluding carboxylic acids is 1. The van der Waals surface area contributed by atoms with Gasteiger partial charge in [-0.05, 0) is 0 Å². The average molecular weight is 283 g/mol. The van der Waals surface area contributed by atoms with Gasteiger partial charge in [-0.1, -0.05) is 0 Å². The molecule has 0 aromatic heterocycles. The van der Waals surface area contributed by atoms with Crippen LogP contribution >= 0.6 is 27.1 Å². The Bertz CT molecular complexity index is 230. The van der Waals surface area contributed by atoms with Crippen molar-refractivity contribution >= 4 is 40.6 Å². The summed E-state index contributed by atoms with van der Waals surface area (Å²) in [6, 6.07) is 1.64. The number of hydrogen-bond acceptors (Lipinski definition) is 3. The predicted octanol–water partition coefficient (Wildman–Crippen LogP) is 0.802. The molecular weight excluding hydrogens is 275 g/mol. The van der Waals surface area contributed by atoms with Crippen molar-refractivity contribution in [1.82, 2.24) is 0 Å². The quantitative estimate of drug-likeness (QED) is 0.248. The van der Waals surface area contributed by atoms with Gasteiger partial charge in [-0.15, -0.1) is 0 Å². The minimum absolute atomic E-state index is 0.137. The Kier molecular flexibility index (Phi) is 4.05. The van der Waals surface area contributed by atoms with Crippen molar-refractivity contribution < 1.29 is 9.32 Å². The molecule has 0 heterocycles. The van der Waals surface area contributed by atoms with Crippen molar-refractivity contribution in [3.63, 3.8) is 0 Å². The first-order valence-electron chi connectivity index (χ1n) is 2.88. The molecule has 0 amide bonds. The second kappa shape index (κ2) is 4.08. The molecule has 0 N–H and O–H groups in total. The third-order valence-corrected chi connectivity index (χ3v) is 2.05. The summed E-state index contributed by atoms with van der Waals surface area (Å²) in [6.45, 7) is 5.10. The summed E-state index contributed by atoms with van der Waals surface area (Å²) in [5, 5.41) is 6.37. The van der Waals surface area contributed by atoms with E-state index in [1.165, 1.54) is 0 Å². The Morgan fingerprint density at radius 2 is 2.36 bits per heavy atom. The summed E-state index contributed by atoms with van der Waals surface area (Å²) in [5.41, 5.74) is -0.137. The summed E-state index contributed by atoms with van der Waals surface area (Å²) in [4.78, 5) is 10.9. The summed E-state index contributed by atoms with van der Waals surface area (Å²) in [7, 11) is 1.86. The first-order valence-corrected chi connectivity index (χ1v) is 8.90. The molecule has 0 rings (SSSR count). The van der Waals surface area contributed by atoms with Gasteiger partial charge < -0.3 is 0 Å². The monoisotopic (exact) mass is 283 g/mol. The van der Waals surface area contributed by atoms with Crippen LogP contribution in [-0.2, 0) is 9.32 Å². The van der Waals surface area contributed by atoms with E-state index in [-0.39, 0.29) is 5.57 Å². The maximum atomic E-state index is 10.9. The Labute approximate surface area is 80.1 Å². The zero-order valence-corrected chi connectivity index (χ0v) is 9.51. The van der Waals surface area contributed by atoms with Crippen molar-refractivity contribution in [3.8, 4) is 6.07 Å². The van der Waals surface area contributed by atoms with E-state index >= 15 is 0 Å². The van der Waals surface area contributed by atoms with Crippen LogP contribution in [0, 0.1) is 11.3 Å². The van der Waals surface area contributed by atoms with Crippen molar-refractivity contribution in [2.24, 2.45) is 0 Å². The first kappa shape index (κ1) is 10.9. The molecule has 0 aromatic rings. The number of carbonyl (C=O) groups is 1. The van der Waals surface area contributed by atoms with Crippen LogP contribution < -0.4 is 0 Å². The van der Waals surface area contributed by atoms with Crippen LogP contribution in [0.2, 0.25) is 0 Å². The Morgan fingerprint density at radius 1 is 1.91 bits per heavy atom. The predicted molar refractivity (Wildman–Crippen MR) is 57.6 cm³/mol.